The first-order valence-corrected chi connectivity index (χ1v) is 6.03. The molecule has 5 heteroatoms. The lowest BCUT2D eigenvalue weighted by molar-refractivity contribution is 0.249. The normalized spacial score (nSPS) is 12.4. The van der Waals surface area contributed by atoms with Gasteiger partial charge in [0.1, 0.15) is 5.52 Å². The van der Waals surface area contributed by atoms with Crippen molar-refractivity contribution < 1.29 is 9.21 Å². The number of para-hydroxylation sites is 1. The minimum Gasteiger partial charge on any atom is -0.439 e. The summed E-state index contributed by atoms with van der Waals surface area (Å²) >= 11 is 0. The van der Waals surface area contributed by atoms with Crippen LogP contribution in [0.5, 0.6) is 0 Å². The lowest BCUT2D eigenvalue weighted by Gasteiger charge is -2.12. The van der Waals surface area contributed by atoms with E-state index in [9.17, 15) is 4.79 Å². The minimum atomic E-state index is -0.231. The molecule has 2 aromatic rings. The third kappa shape index (κ3) is 2.61. The number of aromatic nitrogens is 1. The van der Waals surface area contributed by atoms with Gasteiger partial charge in [-0.1, -0.05) is 13.0 Å². The number of aryl methyl sites for hydroxylation is 1. The first kappa shape index (κ1) is 12.4. The molecule has 1 unspecified atom stereocenters. The Kier molecular flexibility index (Phi) is 3.50. The number of hydrogen-bond donors (Lipinski definition) is 2. The van der Waals surface area contributed by atoms with Crippen molar-refractivity contribution in [3.8, 4) is 0 Å². The van der Waals surface area contributed by atoms with Gasteiger partial charge in [0.05, 0.1) is 5.69 Å². The zero-order valence-electron chi connectivity index (χ0n) is 10.8. The SMILES string of the molecule is CCC(C)NC(=O)Nc1cccc2nc(C)oc12. The molecule has 0 radical (unpaired) electrons. The Labute approximate surface area is 106 Å². The Bertz CT molecular complexity index is 562. The summed E-state index contributed by atoms with van der Waals surface area (Å²) in [4.78, 5) is 16.0. The molecule has 96 valence electrons. The fourth-order valence-corrected chi connectivity index (χ4v) is 1.64. The van der Waals surface area contributed by atoms with Crippen molar-refractivity contribution in [1.82, 2.24) is 10.3 Å². The molecule has 2 rings (SSSR count). The molecular formula is C13H17N3O2. The van der Waals surface area contributed by atoms with Gasteiger partial charge < -0.3 is 15.1 Å². The largest absolute Gasteiger partial charge is 0.439 e. The van der Waals surface area contributed by atoms with Crippen molar-refractivity contribution in [2.24, 2.45) is 0 Å². The van der Waals surface area contributed by atoms with Gasteiger partial charge in [-0.25, -0.2) is 9.78 Å². The maximum atomic E-state index is 11.7. The molecule has 5 nitrogen and oxygen atoms in total. The third-order valence-electron chi connectivity index (χ3n) is 2.76. The number of hydrogen-bond acceptors (Lipinski definition) is 3. The van der Waals surface area contributed by atoms with Gasteiger partial charge in [-0.05, 0) is 25.5 Å². The quantitative estimate of drug-likeness (QED) is 0.875. The van der Waals surface area contributed by atoms with Crippen LogP contribution >= 0.6 is 0 Å². The van der Waals surface area contributed by atoms with Crippen molar-refractivity contribution in [2.45, 2.75) is 33.2 Å². The van der Waals surface area contributed by atoms with Crippen LogP contribution in [0.25, 0.3) is 11.1 Å². The van der Waals surface area contributed by atoms with Crippen LogP contribution in [-0.4, -0.2) is 17.1 Å². The second-order valence-corrected chi connectivity index (χ2v) is 4.29. The molecule has 2 amide bonds. The van der Waals surface area contributed by atoms with E-state index in [-0.39, 0.29) is 12.1 Å². The summed E-state index contributed by atoms with van der Waals surface area (Å²) in [6, 6.07) is 5.39. The first-order valence-electron chi connectivity index (χ1n) is 6.03. The number of amides is 2. The molecule has 1 aromatic heterocycles. The first-order chi connectivity index (χ1) is 8.60. The highest BCUT2D eigenvalue weighted by atomic mass is 16.3. The van der Waals surface area contributed by atoms with Crippen LogP contribution < -0.4 is 10.6 Å². The molecule has 2 N–H and O–H groups in total. The van der Waals surface area contributed by atoms with E-state index in [4.69, 9.17) is 4.42 Å². The van der Waals surface area contributed by atoms with E-state index in [2.05, 4.69) is 15.6 Å². The van der Waals surface area contributed by atoms with Gasteiger partial charge >= 0.3 is 6.03 Å². The van der Waals surface area contributed by atoms with E-state index in [1.54, 1.807) is 13.0 Å². The molecule has 1 aromatic carbocycles. The van der Waals surface area contributed by atoms with Gasteiger partial charge in [0.2, 0.25) is 0 Å². The zero-order valence-corrected chi connectivity index (χ0v) is 10.8. The van der Waals surface area contributed by atoms with Crippen LogP contribution in [0, 0.1) is 6.92 Å². The lowest BCUT2D eigenvalue weighted by atomic mass is 10.2. The number of carbonyl (C=O) groups is 1. The second-order valence-electron chi connectivity index (χ2n) is 4.29. The number of carbonyl (C=O) groups excluding carboxylic acids is 1. The van der Waals surface area contributed by atoms with Crippen molar-refractivity contribution in [3.63, 3.8) is 0 Å². The van der Waals surface area contributed by atoms with E-state index in [0.29, 0.717) is 17.2 Å². The number of rotatable bonds is 3. The van der Waals surface area contributed by atoms with E-state index in [1.807, 2.05) is 26.0 Å². The fourth-order valence-electron chi connectivity index (χ4n) is 1.64. The molecule has 0 saturated carbocycles. The van der Waals surface area contributed by atoms with Crippen molar-refractivity contribution in [2.75, 3.05) is 5.32 Å². The summed E-state index contributed by atoms with van der Waals surface area (Å²) in [6.45, 7) is 5.76. The number of fused-ring (bicyclic) bond motifs is 1. The average molecular weight is 247 g/mol. The maximum absolute atomic E-state index is 11.7. The minimum absolute atomic E-state index is 0.140. The van der Waals surface area contributed by atoms with Crippen molar-refractivity contribution in [1.29, 1.82) is 0 Å². The Hall–Kier alpha value is -2.04. The molecule has 0 aliphatic carbocycles. The van der Waals surface area contributed by atoms with Crippen LogP contribution in [0.15, 0.2) is 22.6 Å². The monoisotopic (exact) mass is 247 g/mol. The summed E-state index contributed by atoms with van der Waals surface area (Å²) in [7, 11) is 0. The molecular weight excluding hydrogens is 230 g/mol. The van der Waals surface area contributed by atoms with Crippen LogP contribution in [0.2, 0.25) is 0 Å². The molecule has 18 heavy (non-hydrogen) atoms. The second kappa shape index (κ2) is 5.08. The summed E-state index contributed by atoms with van der Waals surface area (Å²) in [5, 5.41) is 5.62. The highest BCUT2D eigenvalue weighted by Crippen LogP contribution is 2.23. The molecule has 0 spiro atoms. The highest BCUT2D eigenvalue weighted by Gasteiger charge is 2.11. The molecule has 0 saturated heterocycles. The number of nitrogens with zero attached hydrogens (tertiary/aromatic N) is 1. The number of urea groups is 1. The van der Waals surface area contributed by atoms with E-state index >= 15 is 0 Å². The summed E-state index contributed by atoms with van der Waals surface area (Å²) < 4.78 is 5.48. The van der Waals surface area contributed by atoms with Crippen molar-refractivity contribution in [3.05, 3.63) is 24.1 Å². The van der Waals surface area contributed by atoms with Gasteiger partial charge in [-0.2, -0.15) is 0 Å². The third-order valence-corrected chi connectivity index (χ3v) is 2.76. The highest BCUT2D eigenvalue weighted by molar-refractivity contribution is 5.97. The maximum Gasteiger partial charge on any atom is 0.319 e. The topological polar surface area (TPSA) is 67.2 Å². The molecule has 0 aliphatic rings. The summed E-state index contributed by atoms with van der Waals surface area (Å²) in [5.74, 6) is 0.585. The standard InChI is InChI=1S/C13H17N3O2/c1-4-8(2)14-13(17)16-11-7-5-6-10-12(11)18-9(3)15-10/h5-8H,4H2,1-3H3,(H2,14,16,17). The molecule has 1 heterocycles. The predicted molar refractivity (Wildman–Crippen MR) is 70.7 cm³/mol. The number of oxazole rings is 1. The number of nitrogens with one attached hydrogen (secondary N) is 2. The van der Waals surface area contributed by atoms with Gasteiger partial charge in [-0.3, -0.25) is 0 Å². The Morgan fingerprint density at radius 3 is 3.00 bits per heavy atom. The summed E-state index contributed by atoms with van der Waals surface area (Å²) in [5.41, 5.74) is 1.98. The van der Waals surface area contributed by atoms with E-state index in [1.165, 1.54) is 0 Å². The zero-order chi connectivity index (χ0) is 13.1. The molecule has 0 bridgehead atoms. The average Bonchev–Trinajstić information content (AvgIpc) is 2.70. The molecule has 0 fully saturated rings. The Balaban J connectivity index is 2.18. The van der Waals surface area contributed by atoms with Crippen LogP contribution in [0.1, 0.15) is 26.2 Å². The molecule has 1 atom stereocenters. The van der Waals surface area contributed by atoms with Crippen molar-refractivity contribution >= 4 is 22.8 Å². The van der Waals surface area contributed by atoms with Crippen LogP contribution in [0.4, 0.5) is 10.5 Å². The van der Waals surface area contributed by atoms with E-state index in [0.717, 1.165) is 11.9 Å². The smallest absolute Gasteiger partial charge is 0.319 e. The van der Waals surface area contributed by atoms with Crippen LogP contribution in [-0.2, 0) is 0 Å². The summed E-state index contributed by atoms with van der Waals surface area (Å²) in [6.07, 6.45) is 0.888. The van der Waals surface area contributed by atoms with Gasteiger partial charge in [0.25, 0.3) is 0 Å². The number of anilines is 1. The van der Waals surface area contributed by atoms with Gasteiger partial charge in [0.15, 0.2) is 11.5 Å². The van der Waals surface area contributed by atoms with Gasteiger partial charge in [0, 0.05) is 13.0 Å². The van der Waals surface area contributed by atoms with Crippen LogP contribution in [0.3, 0.4) is 0 Å². The Morgan fingerprint density at radius 1 is 1.50 bits per heavy atom. The predicted octanol–water partition coefficient (Wildman–Crippen LogP) is 3.06. The number of benzene rings is 1. The van der Waals surface area contributed by atoms with E-state index < -0.39 is 0 Å². The Morgan fingerprint density at radius 2 is 2.28 bits per heavy atom. The van der Waals surface area contributed by atoms with Gasteiger partial charge in [-0.15, -0.1) is 0 Å². The fraction of sp³-hybridized carbons (Fsp3) is 0.385. The lowest BCUT2D eigenvalue weighted by Crippen LogP contribution is -2.35. The molecule has 0 aliphatic heterocycles.